The minimum Gasteiger partial charge on any atom is -0.265 e. The van der Waals surface area contributed by atoms with Gasteiger partial charge in [0, 0.05) is 18.0 Å². The van der Waals surface area contributed by atoms with Gasteiger partial charge >= 0.3 is 0 Å². The minimum atomic E-state index is 0.875. The normalized spacial score (nSPS) is 14.6. The van der Waals surface area contributed by atoms with Crippen molar-refractivity contribution in [2.45, 2.75) is 40.0 Å². The summed E-state index contributed by atoms with van der Waals surface area (Å²) in [7, 11) is 1.97. The van der Waals surface area contributed by atoms with Crippen LogP contribution >= 0.6 is 0 Å². The van der Waals surface area contributed by atoms with E-state index in [9.17, 15) is 0 Å². The Hall–Kier alpha value is -2.09. The average Bonchev–Trinajstić information content (AvgIpc) is 3.19. The Morgan fingerprint density at radius 2 is 1.83 bits per heavy atom. The van der Waals surface area contributed by atoms with E-state index < -0.39 is 0 Å². The Labute approximate surface area is 138 Å². The van der Waals surface area contributed by atoms with Gasteiger partial charge in [-0.3, -0.25) is 4.68 Å². The lowest BCUT2D eigenvalue weighted by molar-refractivity contribution is 0.773. The molecule has 0 aliphatic heterocycles. The summed E-state index contributed by atoms with van der Waals surface area (Å²) in [5.41, 5.74) is 9.03. The molecule has 0 N–H and O–H groups in total. The minimum absolute atomic E-state index is 0.875. The summed E-state index contributed by atoms with van der Waals surface area (Å²) in [5.74, 6) is 0.875. The van der Waals surface area contributed by atoms with Crippen molar-refractivity contribution in [1.82, 2.24) is 9.78 Å². The summed E-state index contributed by atoms with van der Waals surface area (Å²) in [5, 5.41) is 5.95. The molecule has 1 fully saturated rings. The van der Waals surface area contributed by atoms with Crippen LogP contribution in [0.1, 0.15) is 35.1 Å². The second-order valence-electron chi connectivity index (χ2n) is 7.15. The molecule has 2 heteroatoms. The van der Waals surface area contributed by atoms with Gasteiger partial charge in [0.15, 0.2) is 0 Å². The van der Waals surface area contributed by atoms with Gasteiger partial charge in [0.1, 0.15) is 5.52 Å². The van der Waals surface area contributed by atoms with E-state index in [2.05, 4.69) is 51.2 Å². The highest BCUT2D eigenvalue weighted by molar-refractivity contribution is 5.96. The molecule has 1 aliphatic rings. The van der Waals surface area contributed by atoms with Crippen molar-refractivity contribution in [3.63, 3.8) is 0 Å². The molecule has 2 nitrogen and oxygen atoms in total. The van der Waals surface area contributed by atoms with Crippen LogP contribution in [0.2, 0.25) is 0 Å². The molecule has 3 aromatic rings. The number of aromatic nitrogens is 2. The van der Waals surface area contributed by atoms with Crippen LogP contribution in [0.15, 0.2) is 24.3 Å². The zero-order valence-corrected chi connectivity index (χ0v) is 14.4. The molecule has 0 bridgehead atoms. The summed E-state index contributed by atoms with van der Waals surface area (Å²) >= 11 is 0. The quantitative estimate of drug-likeness (QED) is 0.671. The van der Waals surface area contributed by atoms with Crippen molar-refractivity contribution in [2.24, 2.45) is 13.0 Å². The predicted molar refractivity (Wildman–Crippen MR) is 95.6 cm³/mol. The molecule has 1 aliphatic carbocycles. The van der Waals surface area contributed by atoms with Gasteiger partial charge in [-0.05, 0) is 68.2 Å². The molecule has 1 heterocycles. The smallest absolute Gasteiger partial charge is 0.101 e. The van der Waals surface area contributed by atoms with Crippen molar-refractivity contribution in [2.75, 3.05) is 0 Å². The standard InChI is InChI=1S/C21H23N2/c1-13-9-14(2)20(15(3)10-13)18-8-7-17(11-16-5-6-16)19-12-23(4)22-21(18)19/h7-10,16H,5-6,11H2,1-4H3. The summed E-state index contributed by atoms with van der Waals surface area (Å²) in [4.78, 5) is 0. The first-order chi connectivity index (χ1) is 11.0. The first-order valence-corrected chi connectivity index (χ1v) is 8.49. The van der Waals surface area contributed by atoms with Crippen molar-refractivity contribution >= 4 is 10.9 Å². The van der Waals surface area contributed by atoms with E-state index in [1.807, 2.05) is 11.7 Å². The van der Waals surface area contributed by atoms with Gasteiger partial charge in [-0.2, -0.15) is 5.10 Å². The fraction of sp³-hybridized carbons (Fsp3) is 0.381. The predicted octanol–water partition coefficient (Wildman–Crippen LogP) is 4.92. The maximum absolute atomic E-state index is 4.74. The summed E-state index contributed by atoms with van der Waals surface area (Å²) in [6, 6.07) is 9.09. The summed E-state index contributed by atoms with van der Waals surface area (Å²) in [6.07, 6.45) is 7.35. The number of nitrogens with zero attached hydrogens (tertiary/aromatic N) is 2. The van der Waals surface area contributed by atoms with Gasteiger partial charge in [-0.25, -0.2) is 0 Å². The van der Waals surface area contributed by atoms with E-state index in [-0.39, 0.29) is 0 Å². The van der Waals surface area contributed by atoms with Crippen LogP contribution in [0.4, 0.5) is 0 Å². The van der Waals surface area contributed by atoms with Crippen LogP contribution in [0.25, 0.3) is 22.0 Å². The van der Waals surface area contributed by atoms with Crippen LogP contribution in [0.3, 0.4) is 0 Å². The number of fused-ring (bicyclic) bond motifs is 1. The molecule has 0 atom stereocenters. The zero-order valence-electron chi connectivity index (χ0n) is 14.4. The summed E-state index contributed by atoms with van der Waals surface area (Å²) in [6.45, 7) is 6.56. The van der Waals surface area contributed by atoms with Gasteiger partial charge in [0.25, 0.3) is 0 Å². The maximum Gasteiger partial charge on any atom is 0.101 e. The average molecular weight is 303 g/mol. The number of rotatable bonds is 3. The number of hydrogen-bond donors (Lipinski definition) is 0. The van der Waals surface area contributed by atoms with Crippen molar-refractivity contribution < 1.29 is 0 Å². The molecule has 2 aromatic carbocycles. The zero-order chi connectivity index (χ0) is 16.1. The molecule has 1 saturated carbocycles. The second kappa shape index (κ2) is 5.23. The number of hydrogen-bond acceptors (Lipinski definition) is 1. The highest BCUT2D eigenvalue weighted by Crippen LogP contribution is 2.38. The van der Waals surface area contributed by atoms with E-state index in [1.54, 1.807) is 0 Å². The van der Waals surface area contributed by atoms with Crippen LogP contribution in [0.5, 0.6) is 0 Å². The third-order valence-corrected chi connectivity index (χ3v) is 4.94. The lowest BCUT2D eigenvalue weighted by Gasteiger charge is -2.13. The monoisotopic (exact) mass is 303 g/mol. The lowest BCUT2D eigenvalue weighted by Crippen LogP contribution is -1.94. The third kappa shape index (κ3) is 2.56. The van der Waals surface area contributed by atoms with E-state index in [0.29, 0.717) is 0 Å². The molecule has 0 spiro atoms. The van der Waals surface area contributed by atoms with Gasteiger partial charge in [-0.1, -0.05) is 29.8 Å². The molecule has 4 rings (SSSR count). The van der Waals surface area contributed by atoms with Crippen LogP contribution in [-0.2, 0) is 13.5 Å². The molecule has 23 heavy (non-hydrogen) atoms. The highest BCUT2D eigenvalue weighted by atomic mass is 15.2. The molecular weight excluding hydrogens is 280 g/mol. The van der Waals surface area contributed by atoms with Crippen LogP contribution in [0, 0.1) is 32.9 Å². The SMILES string of the molecule is Cc1cc(C)c(-c2ccc(CC3CC3)c3[c]n(C)nc23)c(C)c1. The third-order valence-electron chi connectivity index (χ3n) is 4.94. The topological polar surface area (TPSA) is 17.8 Å². The Bertz CT molecular complexity index is 875. The van der Waals surface area contributed by atoms with Crippen LogP contribution < -0.4 is 0 Å². The molecule has 1 aromatic heterocycles. The molecule has 0 amide bonds. The molecule has 1 radical (unpaired) electrons. The van der Waals surface area contributed by atoms with Crippen molar-refractivity contribution in [3.05, 3.63) is 52.7 Å². The fourth-order valence-corrected chi connectivity index (χ4v) is 3.81. The van der Waals surface area contributed by atoms with E-state index >= 15 is 0 Å². The highest BCUT2D eigenvalue weighted by Gasteiger charge is 2.24. The first kappa shape index (κ1) is 14.5. The largest absolute Gasteiger partial charge is 0.265 e. The van der Waals surface area contributed by atoms with Gasteiger partial charge in [0.05, 0.1) is 6.20 Å². The van der Waals surface area contributed by atoms with Gasteiger partial charge < -0.3 is 0 Å². The number of benzene rings is 2. The van der Waals surface area contributed by atoms with Gasteiger partial charge in [0.2, 0.25) is 0 Å². The molecule has 0 unspecified atom stereocenters. The van der Waals surface area contributed by atoms with Crippen LogP contribution in [-0.4, -0.2) is 9.78 Å². The Morgan fingerprint density at radius 3 is 2.48 bits per heavy atom. The lowest BCUT2D eigenvalue weighted by atomic mass is 9.91. The first-order valence-electron chi connectivity index (χ1n) is 8.49. The molecule has 117 valence electrons. The maximum atomic E-state index is 4.74. The fourth-order valence-electron chi connectivity index (χ4n) is 3.81. The second-order valence-corrected chi connectivity index (χ2v) is 7.15. The van der Waals surface area contributed by atoms with E-state index in [0.717, 1.165) is 11.4 Å². The Kier molecular flexibility index (Phi) is 3.29. The van der Waals surface area contributed by atoms with Gasteiger partial charge in [-0.15, -0.1) is 0 Å². The molecule has 0 saturated heterocycles. The Balaban J connectivity index is 1.94. The van der Waals surface area contributed by atoms with Crippen molar-refractivity contribution in [1.29, 1.82) is 0 Å². The van der Waals surface area contributed by atoms with Crippen molar-refractivity contribution in [3.8, 4) is 11.1 Å². The Morgan fingerprint density at radius 1 is 1.13 bits per heavy atom. The number of aryl methyl sites for hydroxylation is 4. The molecular formula is C21H23N2. The van der Waals surface area contributed by atoms with E-state index in [1.165, 1.54) is 58.0 Å². The van der Waals surface area contributed by atoms with E-state index in [4.69, 9.17) is 5.10 Å². The summed E-state index contributed by atoms with van der Waals surface area (Å²) < 4.78 is 1.84.